The van der Waals surface area contributed by atoms with Gasteiger partial charge < -0.3 is 0 Å². The minimum atomic E-state index is -0.217. The monoisotopic (exact) mass is 303 g/mol. The summed E-state index contributed by atoms with van der Waals surface area (Å²) >= 11 is 0. The molecule has 3 rings (SSSR count). The van der Waals surface area contributed by atoms with E-state index < -0.39 is 0 Å². The highest BCUT2D eigenvalue weighted by molar-refractivity contribution is 5.68. The van der Waals surface area contributed by atoms with Crippen LogP contribution in [0.5, 0.6) is 0 Å². The van der Waals surface area contributed by atoms with Gasteiger partial charge >= 0.3 is 0 Å². The van der Waals surface area contributed by atoms with E-state index in [2.05, 4.69) is 16.2 Å². The summed E-state index contributed by atoms with van der Waals surface area (Å²) in [5.41, 5.74) is 2.80. The summed E-state index contributed by atoms with van der Waals surface area (Å²) in [7, 11) is 0. The van der Waals surface area contributed by atoms with E-state index in [0.717, 1.165) is 5.56 Å². The van der Waals surface area contributed by atoms with E-state index in [-0.39, 0.29) is 11.5 Å². The van der Waals surface area contributed by atoms with Gasteiger partial charge in [0.1, 0.15) is 11.6 Å². The number of benzene rings is 1. The van der Waals surface area contributed by atoms with E-state index in [9.17, 15) is 4.79 Å². The lowest BCUT2D eigenvalue weighted by Crippen LogP contribution is -2.22. The topological polar surface area (TPSA) is 97.7 Å². The first-order chi connectivity index (χ1) is 11.1. The van der Waals surface area contributed by atoms with Crippen LogP contribution in [0.1, 0.15) is 36.5 Å². The minimum Gasteiger partial charge on any atom is -0.295 e. The van der Waals surface area contributed by atoms with Crippen molar-refractivity contribution in [1.29, 1.82) is 10.5 Å². The molecule has 6 nitrogen and oxygen atoms in total. The van der Waals surface area contributed by atoms with Gasteiger partial charge in [0.25, 0.3) is 5.56 Å². The number of hydrogen-bond acceptors (Lipinski definition) is 4. The van der Waals surface area contributed by atoms with Crippen molar-refractivity contribution in [1.82, 2.24) is 14.6 Å². The van der Waals surface area contributed by atoms with Crippen molar-refractivity contribution in [2.45, 2.75) is 19.8 Å². The fraction of sp³-hybridized carbons (Fsp3) is 0.176. The summed E-state index contributed by atoms with van der Waals surface area (Å²) in [5.74, 6) is -0.0358. The second kappa shape index (κ2) is 5.43. The van der Waals surface area contributed by atoms with Crippen LogP contribution in [0.3, 0.4) is 0 Å². The van der Waals surface area contributed by atoms with Crippen LogP contribution in [0.4, 0.5) is 0 Å². The fourth-order valence-electron chi connectivity index (χ4n) is 2.55. The summed E-state index contributed by atoms with van der Waals surface area (Å²) in [6.07, 6.45) is 1.47. The Morgan fingerprint density at radius 2 is 1.87 bits per heavy atom. The van der Waals surface area contributed by atoms with E-state index in [1.807, 2.05) is 19.9 Å². The molecule has 0 aliphatic heterocycles. The van der Waals surface area contributed by atoms with Crippen LogP contribution in [-0.2, 0) is 0 Å². The molecule has 0 saturated heterocycles. The summed E-state index contributed by atoms with van der Waals surface area (Å²) in [4.78, 5) is 17.3. The van der Waals surface area contributed by atoms with E-state index in [4.69, 9.17) is 10.5 Å². The van der Waals surface area contributed by atoms with Gasteiger partial charge in [0.2, 0.25) is 0 Å². The van der Waals surface area contributed by atoms with Crippen molar-refractivity contribution in [2.24, 2.45) is 0 Å². The van der Waals surface area contributed by atoms with Gasteiger partial charge in [0.15, 0.2) is 5.65 Å². The summed E-state index contributed by atoms with van der Waals surface area (Å²) in [6.45, 7) is 3.85. The van der Waals surface area contributed by atoms with Crippen molar-refractivity contribution in [2.75, 3.05) is 0 Å². The number of aromatic amines is 1. The SMILES string of the molecule is CC(C)c1c(-c2ccc(C#N)cc2)nc2c(C#N)c[nH]n2c1=O. The molecule has 0 atom stereocenters. The maximum absolute atomic E-state index is 12.7. The molecular weight excluding hydrogens is 290 g/mol. The number of nitrogens with zero attached hydrogens (tertiary/aromatic N) is 4. The van der Waals surface area contributed by atoms with Gasteiger partial charge in [0.05, 0.1) is 17.3 Å². The van der Waals surface area contributed by atoms with Crippen molar-refractivity contribution < 1.29 is 0 Å². The molecule has 6 heteroatoms. The Morgan fingerprint density at radius 3 is 2.43 bits per heavy atom. The minimum absolute atomic E-state index is 0.0358. The molecule has 0 spiro atoms. The smallest absolute Gasteiger partial charge is 0.276 e. The molecule has 0 aliphatic carbocycles. The highest BCUT2D eigenvalue weighted by atomic mass is 16.1. The Labute approximate surface area is 132 Å². The first-order valence-electron chi connectivity index (χ1n) is 7.11. The Bertz CT molecular complexity index is 1030. The largest absolute Gasteiger partial charge is 0.295 e. The average Bonchev–Trinajstić information content (AvgIpc) is 2.97. The van der Waals surface area contributed by atoms with Crippen molar-refractivity contribution in [3.05, 3.63) is 57.5 Å². The van der Waals surface area contributed by atoms with Crippen LogP contribution in [0.2, 0.25) is 0 Å². The lowest BCUT2D eigenvalue weighted by molar-refractivity contribution is 0.797. The first kappa shape index (κ1) is 14.6. The van der Waals surface area contributed by atoms with Gasteiger partial charge in [-0.3, -0.25) is 9.89 Å². The molecule has 112 valence electrons. The lowest BCUT2D eigenvalue weighted by atomic mass is 9.97. The molecule has 23 heavy (non-hydrogen) atoms. The third-order valence-electron chi connectivity index (χ3n) is 3.68. The second-order valence-electron chi connectivity index (χ2n) is 5.48. The molecule has 3 aromatic rings. The summed E-state index contributed by atoms with van der Waals surface area (Å²) < 4.78 is 1.29. The normalized spacial score (nSPS) is 10.7. The number of rotatable bonds is 2. The van der Waals surface area contributed by atoms with Crippen LogP contribution < -0.4 is 5.56 Å². The second-order valence-corrected chi connectivity index (χ2v) is 5.48. The molecule has 0 saturated carbocycles. The van der Waals surface area contributed by atoms with Gasteiger partial charge in [-0.2, -0.15) is 10.5 Å². The number of nitrogens with one attached hydrogen (secondary N) is 1. The molecule has 0 radical (unpaired) electrons. The van der Waals surface area contributed by atoms with E-state index in [1.165, 1.54) is 10.7 Å². The van der Waals surface area contributed by atoms with Crippen molar-refractivity contribution in [3.8, 4) is 23.4 Å². The Balaban J connectivity index is 2.37. The highest BCUT2D eigenvalue weighted by Crippen LogP contribution is 2.26. The molecule has 0 fully saturated rings. The van der Waals surface area contributed by atoms with Gasteiger partial charge in [-0.15, -0.1) is 0 Å². The van der Waals surface area contributed by atoms with Gasteiger partial charge in [-0.25, -0.2) is 9.50 Å². The number of hydrogen-bond donors (Lipinski definition) is 1. The predicted octanol–water partition coefficient (Wildman–Crippen LogP) is 2.56. The highest BCUT2D eigenvalue weighted by Gasteiger charge is 2.19. The fourth-order valence-corrected chi connectivity index (χ4v) is 2.55. The third-order valence-corrected chi connectivity index (χ3v) is 3.68. The third kappa shape index (κ3) is 2.27. The molecule has 2 aromatic heterocycles. The summed E-state index contributed by atoms with van der Waals surface area (Å²) in [5, 5.41) is 20.8. The number of nitriles is 2. The van der Waals surface area contributed by atoms with E-state index in [1.54, 1.807) is 24.3 Å². The van der Waals surface area contributed by atoms with Crippen molar-refractivity contribution in [3.63, 3.8) is 0 Å². The molecule has 0 aliphatic rings. The average molecular weight is 303 g/mol. The van der Waals surface area contributed by atoms with Crippen LogP contribution in [-0.4, -0.2) is 14.6 Å². The summed E-state index contributed by atoms with van der Waals surface area (Å²) in [6, 6.07) is 11.0. The molecule has 2 heterocycles. The zero-order chi connectivity index (χ0) is 16.6. The molecule has 1 aromatic carbocycles. The maximum Gasteiger partial charge on any atom is 0.276 e. The maximum atomic E-state index is 12.7. The lowest BCUT2D eigenvalue weighted by Gasteiger charge is -2.12. The van der Waals surface area contributed by atoms with Gasteiger partial charge in [0, 0.05) is 17.3 Å². The van der Waals surface area contributed by atoms with Gasteiger partial charge in [-0.1, -0.05) is 26.0 Å². The zero-order valence-electron chi connectivity index (χ0n) is 12.7. The quantitative estimate of drug-likeness (QED) is 0.786. The molecular formula is C17H13N5O. The van der Waals surface area contributed by atoms with E-state index in [0.29, 0.717) is 28.0 Å². The van der Waals surface area contributed by atoms with E-state index >= 15 is 0 Å². The Hall–Kier alpha value is -3.38. The van der Waals surface area contributed by atoms with Crippen LogP contribution >= 0.6 is 0 Å². The van der Waals surface area contributed by atoms with Crippen molar-refractivity contribution >= 4 is 5.65 Å². The zero-order valence-corrected chi connectivity index (χ0v) is 12.7. The van der Waals surface area contributed by atoms with Crippen LogP contribution in [0, 0.1) is 22.7 Å². The molecule has 0 unspecified atom stereocenters. The van der Waals surface area contributed by atoms with Crippen LogP contribution in [0.25, 0.3) is 16.9 Å². The number of fused-ring (bicyclic) bond motifs is 1. The Morgan fingerprint density at radius 1 is 1.17 bits per heavy atom. The van der Waals surface area contributed by atoms with Gasteiger partial charge in [-0.05, 0) is 18.1 Å². The van der Waals surface area contributed by atoms with Crippen LogP contribution in [0.15, 0.2) is 35.3 Å². The number of aromatic nitrogens is 3. The number of H-pyrrole nitrogens is 1. The standard InChI is InChI=1S/C17H13N5O/c1-10(2)14-15(12-5-3-11(7-18)4-6-12)21-16-13(8-19)9-20-22(16)17(14)23/h3-6,9-10,20H,1-2H3. The molecule has 1 N–H and O–H groups in total. The molecule has 0 bridgehead atoms. The predicted molar refractivity (Wildman–Crippen MR) is 84.8 cm³/mol. The molecule has 0 amide bonds. The Kier molecular flexibility index (Phi) is 3.44. The first-order valence-corrected chi connectivity index (χ1v) is 7.11.